The highest BCUT2D eigenvalue weighted by Gasteiger charge is 2.22. The maximum atomic E-state index is 11.0. The van der Waals surface area contributed by atoms with E-state index in [2.05, 4.69) is 6.58 Å². The van der Waals surface area contributed by atoms with Crippen molar-refractivity contribution in [2.75, 3.05) is 6.61 Å². The lowest BCUT2D eigenvalue weighted by Gasteiger charge is -2.12. The van der Waals surface area contributed by atoms with Gasteiger partial charge in [0.15, 0.2) is 0 Å². The Labute approximate surface area is 95.7 Å². The lowest BCUT2D eigenvalue weighted by molar-refractivity contribution is -0.139. The van der Waals surface area contributed by atoms with E-state index >= 15 is 0 Å². The van der Waals surface area contributed by atoms with Gasteiger partial charge in [0.1, 0.15) is 0 Å². The molecule has 0 fully saturated rings. The minimum atomic E-state index is -3.96. The Morgan fingerprint density at radius 1 is 1.44 bits per heavy atom. The highest BCUT2D eigenvalue weighted by Crippen LogP contribution is 2.43. The fraction of sp³-hybridized carbons (Fsp3) is 0.700. The maximum absolute atomic E-state index is 11.0. The molecular formula is C10H19O5P. The van der Waals surface area contributed by atoms with Gasteiger partial charge in [0.05, 0.1) is 12.3 Å². The largest absolute Gasteiger partial charge is 0.462 e. The number of rotatable bonds is 7. The first-order chi connectivity index (χ1) is 7.25. The number of hydrogen-bond acceptors (Lipinski definition) is 3. The minimum absolute atomic E-state index is 0.263. The molecule has 0 aliphatic heterocycles. The standard InChI is InChI=1S/C10H19O5P/c1-8(2)10(11)15-7-5-4-6-9(3)16(12,13)14/h9H,1,4-7H2,2-3H3,(H2,12,13,14). The molecule has 0 aromatic rings. The van der Waals surface area contributed by atoms with Crippen LogP contribution in [0.1, 0.15) is 33.1 Å². The molecule has 0 radical (unpaired) electrons. The molecule has 0 heterocycles. The fourth-order valence-corrected chi connectivity index (χ4v) is 1.52. The van der Waals surface area contributed by atoms with Crippen LogP contribution in [0, 0.1) is 0 Å². The van der Waals surface area contributed by atoms with Gasteiger partial charge in [-0.25, -0.2) is 4.79 Å². The van der Waals surface area contributed by atoms with E-state index in [-0.39, 0.29) is 6.61 Å². The summed E-state index contributed by atoms with van der Waals surface area (Å²) in [4.78, 5) is 28.6. The molecule has 6 heteroatoms. The summed E-state index contributed by atoms with van der Waals surface area (Å²) in [6.07, 6.45) is 1.65. The average Bonchev–Trinajstić information content (AvgIpc) is 2.14. The number of hydrogen-bond donors (Lipinski definition) is 2. The van der Waals surface area contributed by atoms with Gasteiger partial charge >= 0.3 is 13.6 Å². The average molecular weight is 250 g/mol. The van der Waals surface area contributed by atoms with Gasteiger partial charge in [-0.05, 0) is 26.2 Å². The van der Waals surface area contributed by atoms with E-state index in [1.54, 1.807) is 6.92 Å². The van der Waals surface area contributed by atoms with Crippen LogP contribution in [0.25, 0.3) is 0 Å². The van der Waals surface area contributed by atoms with Gasteiger partial charge in [0.25, 0.3) is 0 Å². The molecule has 0 spiro atoms. The van der Waals surface area contributed by atoms with Crippen molar-refractivity contribution in [3.8, 4) is 0 Å². The van der Waals surface area contributed by atoms with Crippen molar-refractivity contribution < 1.29 is 23.9 Å². The van der Waals surface area contributed by atoms with Gasteiger partial charge in [-0.3, -0.25) is 4.57 Å². The number of carbonyl (C=O) groups excluding carboxylic acids is 1. The first-order valence-electron chi connectivity index (χ1n) is 5.13. The van der Waals surface area contributed by atoms with Crippen LogP contribution in [0.3, 0.4) is 0 Å². The van der Waals surface area contributed by atoms with Gasteiger partial charge in [-0.1, -0.05) is 13.5 Å². The van der Waals surface area contributed by atoms with Crippen LogP contribution < -0.4 is 0 Å². The molecule has 0 aromatic heterocycles. The van der Waals surface area contributed by atoms with Crippen LogP contribution in [0.5, 0.6) is 0 Å². The highest BCUT2D eigenvalue weighted by molar-refractivity contribution is 7.52. The Morgan fingerprint density at radius 3 is 2.44 bits per heavy atom. The second-order valence-electron chi connectivity index (χ2n) is 3.85. The van der Waals surface area contributed by atoms with Gasteiger partial charge in [-0.15, -0.1) is 0 Å². The second-order valence-corrected chi connectivity index (χ2v) is 5.91. The second kappa shape index (κ2) is 6.84. The van der Waals surface area contributed by atoms with Crippen LogP contribution in [-0.2, 0) is 14.1 Å². The molecule has 0 aliphatic rings. The van der Waals surface area contributed by atoms with E-state index in [1.807, 2.05) is 0 Å². The molecule has 0 bridgehead atoms. The van der Waals surface area contributed by atoms with Crippen molar-refractivity contribution >= 4 is 13.6 Å². The predicted octanol–water partition coefficient (Wildman–Crippen LogP) is 1.84. The molecular weight excluding hydrogens is 231 g/mol. The lowest BCUT2D eigenvalue weighted by Crippen LogP contribution is -2.07. The molecule has 2 N–H and O–H groups in total. The molecule has 0 saturated carbocycles. The van der Waals surface area contributed by atoms with Crippen LogP contribution >= 0.6 is 7.60 Å². The molecule has 0 amide bonds. The summed E-state index contributed by atoms with van der Waals surface area (Å²) in [5.74, 6) is -0.428. The monoisotopic (exact) mass is 250 g/mol. The third kappa shape index (κ3) is 6.77. The molecule has 0 aliphatic carbocycles. The zero-order valence-corrected chi connectivity index (χ0v) is 10.6. The third-order valence-electron chi connectivity index (χ3n) is 2.17. The van der Waals surface area contributed by atoms with Crippen molar-refractivity contribution in [2.45, 2.75) is 38.8 Å². The van der Waals surface area contributed by atoms with Crippen LogP contribution in [-0.4, -0.2) is 28.0 Å². The Kier molecular flexibility index (Phi) is 6.56. The molecule has 0 aromatic carbocycles. The van der Waals surface area contributed by atoms with Crippen molar-refractivity contribution in [2.24, 2.45) is 0 Å². The van der Waals surface area contributed by atoms with Crippen molar-refractivity contribution in [1.29, 1.82) is 0 Å². The topological polar surface area (TPSA) is 83.8 Å². The van der Waals surface area contributed by atoms with Gasteiger partial charge < -0.3 is 14.5 Å². The van der Waals surface area contributed by atoms with E-state index in [9.17, 15) is 9.36 Å². The molecule has 16 heavy (non-hydrogen) atoms. The SMILES string of the molecule is C=C(C)C(=O)OCCCCC(C)P(=O)(O)O. The Balaban J connectivity index is 3.59. The number of esters is 1. The van der Waals surface area contributed by atoms with Crippen molar-refractivity contribution in [3.63, 3.8) is 0 Å². The summed E-state index contributed by atoms with van der Waals surface area (Å²) in [6.45, 7) is 6.78. The van der Waals surface area contributed by atoms with Gasteiger partial charge in [0.2, 0.25) is 0 Å². The normalized spacial score (nSPS) is 13.2. The third-order valence-corrected chi connectivity index (χ3v) is 3.58. The summed E-state index contributed by atoms with van der Waals surface area (Å²) < 4.78 is 15.6. The van der Waals surface area contributed by atoms with E-state index in [0.717, 1.165) is 0 Å². The van der Waals surface area contributed by atoms with Crippen molar-refractivity contribution in [1.82, 2.24) is 0 Å². The number of ether oxygens (including phenoxy) is 1. The summed E-state index contributed by atoms with van der Waals surface area (Å²) in [5, 5.41) is 0. The van der Waals surface area contributed by atoms with E-state index in [4.69, 9.17) is 14.5 Å². The molecule has 5 nitrogen and oxygen atoms in total. The van der Waals surface area contributed by atoms with E-state index < -0.39 is 19.2 Å². The highest BCUT2D eigenvalue weighted by atomic mass is 31.2. The zero-order valence-electron chi connectivity index (χ0n) is 9.68. The molecule has 0 rings (SSSR count). The maximum Gasteiger partial charge on any atom is 0.333 e. The zero-order chi connectivity index (χ0) is 12.8. The summed E-state index contributed by atoms with van der Waals surface area (Å²) >= 11 is 0. The quantitative estimate of drug-likeness (QED) is 0.312. The molecule has 1 atom stereocenters. The summed E-state index contributed by atoms with van der Waals surface area (Å²) in [5.41, 5.74) is -0.284. The summed E-state index contributed by atoms with van der Waals surface area (Å²) in [7, 11) is -3.96. The van der Waals surface area contributed by atoms with Gasteiger partial charge in [0, 0.05) is 5.57 Å². The predicted molar refractivity (Wildman–Crippen MR) is 61.1 cm³/mol. The first-order valence-corrected chi connectivity index (χ1v) is 6.81. The van der Waals surface area contributed by atoms with Crippen LogP contribution in [0.4, 0.5) is 0 Å². The van der Waals surface area contributed by atoms with Crippen LogP contribution in [0.15, 0.2) is 12.2 Å². The van der Waals surface area contributed by atoms with E-state index in [1.165, 1.54) is 6.92 Å². The van der Waals surface area contributed by atoms with E-state index in [0.29, 0.717) is 24.8 Å². The smallest absolute Gasteiger partial charge is 0.333 e. The molecule has 94 valence electrons. The molecule has 1 unspecified atom stereocenters. The Bertz CT molecular complexity index is 294. The lowest BCUT2D eigenvalue weighted by atomic mass is 10.2. The minimum Gasteiger partial charge on any atom is -0.462 e. The Hall–Kier alpha value is -0.640. The molecule has 0 saturated heterocycles. The van der Waals surface area contributed by atoms with Crippen LogP contribution in [0.2, 0.25) is 0 Å². The van der Waals surface area contributed by atoms with Gasteiger partial charge in [-0.2, -0.15) is 0 Å². The fourth-order valence-electron chi connectivity index (χ4n) is 0.998. The van der Waals surface area contributed by atoms with Crippen molar-refractivity contribution in [3.05, 3.63) is 12.2 Å². The number of carbonyl (C=O) groups is 1. The number of unbranched alkanes of at least 4 members (excludes halogenated alkanes) is 1. The Morgan fingerprint density at radius 2 is 2.00 bits per heavy atom. The summed E-state index contributed by atoms with van der Waals surface area (Å²) in [6, 6.07) is 0. The first kappa shape index (κ1) is 15.4.